The largest absolute Gasteiger partial charge is 0.299 e. The molecule has 2 aromatic heterocycles. The first-order chi connectivity index (χ1) is 23.2. The Morgan fingerprint density at radius 3 is 1.68 bits per heavy atom. The third kappa shape index (κ3) is 5.35. The molecular weight excluding hydrogens is 595 g/mol. The second-order valence-corrected chi connectivity index (χ2v) is 11.5. The van der Waals surface area contributed by atoms with Gasteiger partial charge in [-0.05, 0) is 48.2 Å². The second kappa shape index (κ2) is 12.1. The Morgan fingerprint density at radius 2 is 1.04 bits per heavy atom. The number of allylic oxidation sites excluding steroid dienone is 1. The van der Waals surface area contributed by atoms with Crippen molar-refractivity contribution in [2.45, 2.75) is 0 Å². The number of hydrogen-bond donors (Lipinski definition) is 2. The Hall–Kier alpha value is -5.98. The zero-order valence-electron chi connectivity index (χ0n) is 25.2. The van der Waals surface area contributed by atoms with E-state index in [-0.39, 0.29) is 0 Å². The minimum Gasteiger partial charge on any atom is -0.299 e. The highest BCUT2D eigenvalue weighted by atomic mass is 32.1. The molecule has 0 saturated heterocycles. The molecule has 1 aliphatic carbocycles. The SMILES string of the molecule is N=C1C=Cc2c(-c3ccc(-c4ccc(-c5cc(-c6ccccc6)nc(-c6ccccc6)n5)cc4)cc3)nc3ccccc3c2/C1=N/S. The summed E-state index contributed by atoms with van der Waals surface area (Å²) >= 11 is 4.21. The van der Waals surface area contributed by atoms with E-state index in [1.165, 1.54) is 0 Å². The maximum atomic E-state index is 8.43. The Morgan fingerprint density at radius 1 is 0.511 bits per heavy atom. The lowest BCUT2D eigenvalue weighted by molar-refractivity contribution is 1.18. The van der Waals surface area contributed by atoms with Crippen LogP contribution in [0.5, 0.6) is 0 Å². The van der Waals surface area contributed by atoms with Gasteiger partial charge in [-0.3, -0.25) is 5.41 Å². The molecule has 7 aromatic rings. The van der Waals surface area contributed by atoms with Crippen LogP contribution in [0.1, 0.15) is 11.1 Å². The Bertz CT molecular complexity index is 2290. The number of fused-ring (bicyclic) bond motifs is 3. The van der Waals surface area contributed by atoms with Crippen LogP contribution >= 0.6 is 12.8 Å². The molecule has 5 aromatic carbocycles. The van der Waals surface area contributed by atoms with E-state index in [9.17, 15) is 0 Å². The van der Waals surface area contributed by atoms with Crippen molar-refractivity contribution in [3.8, 4) is 56.3 Å². The van der Waals surface area contributed by atoms with Gasteiger partial charge in [-0.15, -0.1) is 0 Å². The van der Waals surface area contributed by atoms with Crippen LogP contribution in [0.4, 0.5) is 0 Å². The van der Waals surface area contributed by atoms with Gasteiger partial charge in [0, 0.05) is 38.8 Å². The number of pyridine rings is 1. The number of nitrogens with zero attached hydrogens (tertiary/aromatic N) is 4. The molecule has 222 valence electrons. The molecule has 6 heteroatoms. The van der Waals surface area contributed by atoms with Gasteiger partial charge >= 0.3 is 0 Å². The molecule has 0 fully saturated rings. The average molecular weight is 622 g/mol. The molecule has 5 nitrogen and oxygen atoms in total. The van der Waals surface area contributed by atoms with E-state index in [0.29, 0.717) is 17.2 Å². The first kappa shape index (κ1) is 28.5. The van der Waals surface area contributed by atoms with Crippen LogP contribution in [0.3, 0.4) is 0 Å². The average Bonchev–Trinajstić information content (AvgIpc) is 3.15. The fraction of sp³-hybridized carbons (Fsp3) is 0. The predicted molar refractivity (Wildman–Crippen MR) is 197 cm³/mol. The summed E-state index contributed by atoms with van der Waals surface area (Å²) in [6.45, 7) is 0. The summed E-state index contributed by atoms with van der Waals surface area (Å²) < 4.78 is 4.18. The van der Waals surface area contributed by atoms with Crippen molar-refractivity contribution in [3.05, 3.63) is 157 Å². The van der Waals surface area contributed by atoms with Crippen molar-refractivity contribution in [3.63, 3.8) is 0 Å². The van der Waals surface area contributed by atoms with Gasteiger partial charge in [0.1, 0.15) is 5.71 Å². The summed E-state index contributed by atoms with van der Waals surface area (Å²) in [7, 11) is 0. The molecule has 0 aliphatic heterocycles. The van der Waals surface area contributed by atoms with Crippen LogP contribution in [0, 0.1) is 5.41 Å². The molecule has 0 saturated carbocycles. The molecular formula is C41H27N5S. The number of para-hydroxylation sites is 1. The number of hydrogen-bond acceptors (Lipinski definition) is 6. The van der Waals surface area contributed by atoms with Crippen LogP contribution in [0.2, 0.25) is 0 Å². The quantitative estimate of drug-likeness (QED) is 0.188. The first-order valence-electron chi connectivity index (χ1n) is 15.3. The normalized spacial score (nSPS) is 13.2. The summed E-state index contributed by atoms with van der Waals surface area (Å²) in [6.07, 6.45) is 3.72. The van der Waals surface area contributed by atoms with E-state index in [0.717, 1.165) is 72.5 Å². The first-order valence-corrected chi connectivity index (χ1v) is 15.7. The summed E-state index contributed by atoms with van der Waals surface area (Å²) in [4.78, 5) is 14.9. The molecule has 1 N–H and O–H groups in total. The fourth-order valence-corrected chi connectivity index (χ4v) is 6.28. The highest BCUT2D eigenvalue weighted by Gasteiger charge is 2.23. The maximum absolute atomic E-state index is 8.43. The molecule has 0 bridgehead atoms. The maximum Gasteiger partial charge on any atom is 0.160 e. The lowest BCUT2D eigenvalue weighted by Crippen LogP contribution is -2.18. The summed E-state index contributed by atoms with van der Waals surface area (Å²) in [6, 6.07) is 47.3. The lowest BCUT2D eigenvalue weighted by atomic mass is 9.88. The van der Waals surface area contributed by atoms with Gasteiger partial charge < -0.3 is 0 Å². The number of benzene rings is 5. The molecule has 0 atom stereocenters. The number of thiol groups is 1. The Labute approximate surface area is 278 Å². The number of rotatable bonds is 5. The van der Waals surface area contributed by atoms with E-state index in [1.807, 2.05) is 78.9 Å². The van der Waals surface area contributed by atoms with E-state index in [4.69, 9.17) is 20.4 Å². The molecule has 0 spiro atoms. The topological polar surface area (TPSA) is 74.9 Å². The predicted octanol–water partition coefficient (Wildman–Crippen LogP) is 10.0. The van der Waals surface area contributed by atoms with Crippen LogP contribution in [0.25, 0.3) is 73.3 Å². The number of nitrogens with one attached hydrogen (secondary N) is 1. The Kier molecular flexibility index (Phi) is 7.32. The van der Waals surface area contributed by atoms with Gasteiger partial charge in [0.15, 0.2) is 5.82 Å². The van der Waals surface area contributed by atoms with Gasteiger partial charge in [-0.25, -0.2) is 19.3 Å². The lowest BCUT2D eigenvalue weighted by Gasteiger charge is -2.19. The molecule has 1 aliphatic rings. The van der Waals surface area contributed by atoms with Crippen LogP contribution in [-0.2, 0) is 0 Å². The van der Waals surface area contributed by atoms with Gasteiger partial charge in [-0.2, -0.15) is 0 Å². The van der Waals surface area contributed by atoms with E-state index < -0.39 is 0 Å². The van der Waals surface area contributed by atoms with Crippen LogP contribution < -0.4 is 0 Å². The van der Waals surface area contributed by atoms with Gasteiger partial charge in [-0.1, -0.05) is 127 Å². The standard InChI is InChI=1S/C41H27N5S/c42-34-24-23-33-38(40(34)46-47)32-13-7-8-14-35(32)43-39(33)30-21-17-27(18-22-30)26-15-19-29(20-16-26)37-25-36(28-9-3-1-4-10-28)44-41(45-37)31-11-5-2-6-12-31/h1-25,42,47H/b42-34?,46-40+. The summed E-state index contributed by atoms with van der Waals surface area (Å²) in [5.41, 5.74) is 12.4. The third-order valence-corrected chi connectivity index (χ3v) is 8.64. The minimum absolute atomic E-state index is 0.336. The zero-order valence-corrected chi connectivity index (χ0v) is 26.1. The molecule has 47 heavy (non-hydrogen) atoms. The minimum atomic E-state index is 0.336. The van der Waals surface area contributed by atoms with Crippen molar-refractivity contribution < 1.29 is 0 Å². The van der Waals surface area contributed by atoms with Crippen molar-refractivity contribution in [1.82, 2.24) is 15.0 Å². The highest BCUT2D eigenvalue weighted by molar-refractivity contribution is 7.79. The summed E-state index contributed by atoms with van der Waals surface area (Å²) in [5, 5.41) is 9.38. The van der Waals surface area contributed by atoms with Crippen molar-refractivity contribution in [1.29, 1.82) is 5.41 Å². The van der Waals surface area contributed by atoms with Crippen molar-refractivity contribution in [2.24, 2.45) is 4.40 Å². The van der Waals surface area contributed by atoms with Crippen molar-refractivity contribution >= 4 is 41.2 Å². The molecule has 0 unspecified atom stereocenters. The molecule has 2 heterocycles. The molecule has 0 amide bonds. The Balaban J connectivity index is 1.14. The van der Waals surface area contributed by atoms with Gasteiger partial charge in [0.05, 0.1) is 28.3 Å². The fourth-order valence-electron chi connectivity index (χ4n) is 6.07. The van der Waals surface area contributed by atoms with E-state index in [2.05, 4.69) is 83.9 Å². The van der Waals surface area contributed by atoms with Gasteiger partial charge in [0.2, 0.25) is 0 Å². The van der Waals surface area contributed by atoms with Gasteiger partial charge in [0.25, 0.3) is 0 Å². The third-order valence-electron chi connectivity index (χ3n) is 8.44. The smallest absolute Gasteiger partial charge is 0.160 e. The van der Waals surface area contributed by atoms with Crippen LogP contribution in [-0.4, -0.2) is 26.4 Å². The van der Waals surface area contributed by atoms with Crippen molar-refractivity contribution in [2.75, 3.05) is 0 Å². The monoisotopic (exact) mass is 621 g/mol. The summed E-state index contributed by atoms with van der Waals surface area (Å²) in [5.74, 6) is 0.700. The second-order valence-electron chi connectivity index (χ2n) is 11.3. The van der Waals surface area contributed by atoms with Crippen LogP contribution in [0.15, 0.2) is 150 Å². The molecule has 8 rings (SSSR count). The highest BCUT2D eigenvalue weighted by Crippen LogP contribution is 2.36. The number of aromatic nitrogens is 3. The van der Waals surface area contributed by atoms with E-state index >= 15 is 0 Å². The molecule has 0 radical (unpaired) electrons. The zero-order chi connectivity index (χ0) is 31.7. The van der Waals surface area contributed by atoms with E-state index in [1.54, 1.807) is 6.08 Å².